The molecule has 0 atom stereocenters. The fourth-order valence-electron chi connectivity index (χ4n) is 1.77. The van der Waals surface area contributed by atoms with Gasteiger partial charge in [0.25, 0.3) is 0 Å². The first-order valence-corrected chi connectivity index (χ1v) is 7.74. The highest BCUT2D eigenvalue weighted by Gasteiger charge is 2.04. The molecular formula is C17H15ClO2S. The van der Waals surface area contributed by atoms with Gasteiger partial charge in [-0.05, 0) is 48.0 Å². The van der Waals surface area contributed by atoms with Crippen molar-refractivity contribution in [1.82, 2.24) is 0 Å². The normalized spacial score (nSPS) is 9.86. The van der Waals surface area contributed by atoms with E-state index in [9.17, 15) is 0 Å². The quantitative estimate of drug-likeness (QED) is 0.683. The van der Waals surface area contributed by atoms with Crippen LogP contribution in [0.2, 0.25) is 5.02 Å². The molecule has 21 heavy (non-hydrogen) atoms. The highest BCUT2D eigenvalue weighted by atomic mass is 35.5. The minimum absolute atomic E-state index is 0.143. The van der Waals surface area contributed by atoms with Gasteiger partial charge in [0.15, 0.2) is 0 Å². The number of aliphatic hydroxyl groups is 1. The molecule has 0 spiro atoms. The van der Waals surface area contributed by atoms with Crippen LogP contribution < -0.4 is 4.74 Å². The molecule has 0 heterocycles. The summed E-state index contributed by atoms with van der Waals surface area (Å²) in [4.78, 5) is 1.14. The minimum Gasteiger partial charge on any atom is -0.497 e. The summed E-state index contributed by atoms with van der Waals surface area (Å²) >= 11 is 7.59. The van der Waals surface area contributed by atoms with Crippen LogP contribution in [0.4, 0.5) is 0 Å². The van der Waals surface area contributed by atoms with E-state index in [0.29, 0.717) is 0 Å². The number of methoxy groups -OCH3 is 1. The average Bonchev–Trinajstić information content (AvgIpc) is 2.52. The molecule has 0 aliphatic heterocycles. The Morgan fingerprint density at radius 3 is 2.62 bits per heavy atom. The molecule has 0 fully saturated rings. The summed E-state index contributed by atoms with van der Waals surface area (Å²) in [6.07, 6.45) is 0. The highest BCUT2D eigenvalue weighted by molar-refractivity contribution is 7.98. The van der Waals surface area contributed by atoms with Crippen molar-refractivity contribution in [2.24, 2.45) is 0 Å². The molecule has 4 heteroatoms. The Hall–Kier alpha value is -1.60. The Bertz CT molecular complexity index is 657. The molecule has 0 aromatic heterocycles. The van der Waals surface area contributed by atoms with E-state index in [4.69, 9.17) is 21.4 Å². The van der Waals surface area contributed by atoms with Crippen molar-refractivity contribution >= 4 is 23.4 Å². The summed E-state index contributed by atoms with van der Waals surface area (Å²) in [6.45, 7) is -0.143. The van der Waals surface area contributed by atoms with Crippen LogP contribution in [-0.2, 0) is 5.75 Å². The van der Waals surface area contributed by atoms with E-state index in [2.05, 4.69) is 11.8 Å². The Balaban J connectivity index is 2.18. The maximum atomic E-state index is 8.84. The van der Waals surface area contributed by atoms with Gasteiger partial charge < -0.3 is 9.84 Å². The monoisotopic (exact) mass is 318 g/mol. The van der Waals surface area contributed by atoms with Gasteiger partial charge in [-0.2, -0.15) is 0 Å². The number of hydrogen-bond donors (Lipinski definition) is 1. The van der Waals surface area contributed by atoms with Gasteiger partial charge in [-0.3, -0.25) is 0 Å². The van der Waals surface area contributed by atoms with Gasteiger partial charge in [0.1, 0.15) is 12.4 Å². The summed E-state index contributed by atoms with van der Waals surface area (Å²) in [7, 11) is 1.64. The first-order chi connectivity index (χ1) is 10.2. The summed E-state index contributed by atoms with van der Waals surface area (Å²) in [6, 6.07) is 13.5. The predicted molar refractivity (Wildman–Crippen MR) is 88.0 cm³/mol. The van der Waals surface area contributed by atoms with Gasteiger partial charge in [-0.1, -0.05) is 23.4 Å². The summed E-state index contributed by atoms with van der Waals surface area (Å²) < 4.78 is 5.26. The van der Waals surface area contributed by atoms with Crippen molar-refractivity contribution in [3.05, 3.63) is 58.6 Å². The summed E-state index contributed by atoms with van der Waals surface area (Å²) in [5.41, 5.74) is 1.99. The molecule has 2 aromatic carbocycles. The second kappa shape index (κ2) is 7.99. The molecule has 1 N–H and O–H groups in total. The first kappa shape index (κ1) is 15.8. The lowest BCUT2D eigenvalue weighted by atomic mass is 10.1. The van der Waals surface area contributed by atoms with Crippen LogP contribution in [0.25, 0.3) is 0 Å². The van der Waals surface area contributed by atoms with E-state index in [-0.39, 0.29) is 6.61 Å². The number of hydrogen-bond acceptors (Lipinski definition) is 3. The molecule has 0 unspecified atom stereocenters. The number of rotatable bonds is 4. The molecule has 2 aromatic rings. The SMILES string of the molecule is COc1ccc(C#CCO)c(CSc2ccc(Cl)cc2)c1. The van der Waals surface area contributed by atoms with Crippen LogP contribution in [0.5, 0.6) is 5.75 Å². The second-order valence-electron chi connectivity index (χ2n) is 4.23. The number of thioether (sulfide) groups is 1. The molecule has 0 aliphatic rings. The Morgan fingerprint density at radius 2 is 1.95 bits per heavy atom. The fraction of sp³-hybridized carbons (Fsp3) is 0.176. The van der Waals surface area contributed by atoms with Crippen LogP contribution in [0.3, 0.4) is 0 Å². The van der Waals surface area contributed by atoms with Crippen LogP contribution in [0, 0.1) is 11.8 Å². The van der Waals surface area contributed by atoms with Gasteiger partial charge >= 0.3 is 0 Å². The number of aliphatic hydroxyl groups excluding tert-OH is 1. The lowest BCUT2D eigenvalue weighted by Gasteiger charge is -2.08. The lowest BCUT2D eigenvalue weighted by Crippen LogP contribution is -1.91. The predicted octanol–water partition coefficient (Wildman–Crippen LogP) is 3.98. The third-order valence-electron chi connectivity index (χ3n) is 2.82. The van der Waals surface area contributed by atoms with Gasteiger partial charge in [0, 0.05) is 21.2 Å². The van der Waals surface area contributed by atoms with Crippen LogP contribution in [0.1, 0.15) is 11.1 Å². The largest absolute Gasteiger partial charge is 0.497 e. The Labute approximate surface area is 134 Å². The number of benzene rings is 2. The molecule has 0 radical (unpaired) electrons. The van der Waals surface area contributed by atoms with E-state index in [1.807, 2.05) is 42.5 Å². The van der Waals surface area contributed by atoms with Crippen molar-refractivity contribution in [3.8, 4) is 17.6 Å². The maximum absolute atomic E-state index is 8.84. The minimum atomic E-state index is -0.143. The van der Waals surface area contributed by atoms with Crippen molar-refractivity contribution in [2.45, 2.75) is 10.6 Å². The zero-order valence-electron chi connectivity index (χ0n) is 11.6. The molecule has 0 amide bonds. The van der Waals surface area contributed by atoms with Crippen molar-refractivity contribution < 1.29 is 9.84 Å². The smallest absolute Gasteiger partial charge is 0.119 e. The zero-order chi connectivity index (χ0) is 15.1. The van der Waals surface area contributed by atoms with Crippen LogP contribution >= 0.6 is 23.4 Å². The van der Waals surface area contributed by atoms with E-state index < -0.39 is 0 Å². The molecule has 2 rings (SSSR count). The molecular weight excluding hydrogens is 304 g/mol. The average molecular weight is 319 g/mol. The van der Waals surface area contributed by atoms with Crippen LogP contribution in [0.15, 0.2) is 47.4 Å². The third-order valence-corrected chi connectivity index (χ3v) is 4.14. The lowest BCUT2D eigenvalue weighted by molar-refractivity contribution is 0.350. The number of ether oxygens (including phenoxy) is 1. The highest BCUT2D eigenvalue weighted by Crippen LogP contribution is 2.27. The summed E-state index contributed by atoms with van der Waals surface area (Å²) in [5, 5.41) is 9.57. The zero-order valence-corrected chi connectivity index (χ0v) is 13.2. The fourth-order valence-corrected chi connectivity index (χ4v) is 2.78. The van der Waals surface area contributed by atoms with Gasteiger partial charge in [0.05, 0.1) is 7.11 Å². The molecule has 0 bridgehead atoms. The van der Waals surface area contributed by atoms with E-state index in [1.165, 1.54) is 0 Å². The summed E-state index contributed by atoms with van der Waals surface area (Å²) in [5.74, 6) is 7.23. The van der Waals surface area contributed by atoms with Crippen molar-refractivity contribution in [2.75, 3.05) is 13.7 Å². The molecule has 0 aliphatic carbocycles. The van der Waals surface area contributed by atoms with Crippen molar-refractivity contribution in [3.63, 3.8) is 0 Å². The van der Waals surface area contributed by atoms with Gasteiger partial charge in [-0.25, -0.2) is 0 Å². The van der Waals surface area contributed by atoms with Gasteiger partial charge in [0.2, 0.25) is 0 Å². The topological polar surface area (TPSA) is 29.5 Å². The number of halogens is 1. The van der Waals surface area contributed by atoms with E-state index >= 15 is 0 Å². The Kier molecular flexibility index (Phi) is 6.01. The molecule has 108 valence electrons. The van der Waals surface area contributed by atoms with E-state index in [0.717, 1.165) is 32.5 Å². The molecule has 0 saturated heterocycles. The van der Waals surface area contributed by atoms with Crippen molar-refractivity contribution in [1.29, 1.82) is 0 Å². The third kappa shape index (κ3) is 4.71. The van der Waals surface area contributed by atoms with Crippen LogP contribution in [-0.4, -0.2) is 18.8 Å². The standard InChI is InChI=1S/C17H15ClO2S/c1-20-16-7-4-13(3-2-10-19)14(11-16)12-21-17-8-5-15(18)6-9-17/h4-9,11,19H,10,12H2,1H3. The maximum Gasteiger partial charge on any atom is 0.119 e. The van der Waals surface area contributed by atoms with Gasteiger partial charge in [-0.15, -0.1) is 11.8 Å². The Morgan fingerprint density at radius 1 is 1.19 bits per heavy atom. The first-order valence-electron chi connectivity index (χ1n) is 6.38. The van der Waals surface area contributed by atoms with E-state index in [1.54, 1.807) is 18.9 Å². The second-order valence-corrected chi connectivity index (χ2v) is 5.71. The molecule has 2 nitrogen and oxygen atoms in total. The molecule has 0 saturated carbocycles.